The maximum absolute atomic E-state index is 13.1. The van der Waals surface area contributed by atoms with E-state index in [0.717, 1.165) is 5.56 Å². The van der Waals surface area contributed by atoms with E-state index in [0.29, 0.717) is 36.0 Å². The van der Waals surface area contributed by atoms with Gasteiger partial charge in [-0.25, -0.2) is 4.39 Å². The number of carbonyl (C=O) groups is 1. The van der Waals surface area contributed by atoms with Gasteiger partial charge in [-0.15, -0.1) is 0 Å². The van der Waals surface area contributed by atoms with Gasteiger partial charge < -0.3 is 19.1 Å². The maximum Gasteiger partial charge on any atom is 0.254 e. The van der Waals surface area contributed by atoms with Crippen molar-refractivity contribution in [3.05, 3.63) is 53.3 Å². The van der Waals surface area contributed by atoms with Gasteiger partial charge >= 0.3 is 0 Å². The second kappa shape index (κ2) is 7.01. The molecule has 1 aliphatic rings. The Morgan fingerprint density at radius 1 is 1.20 bits per heavy atom. The lowest BCUT2D eigenvalue weighted by Gasteiger charge is -2.27. The van der Waals surface area contributed by atoms with Crippen molar-refractivity contribution in [2.24, 2.45) is 0 Å². The van der Waals surface area contributed by atoms with Crippen LogP contribution in [0, 0.1) is 5.82 Å². The highest BCUT2D eigenvalue weighted by atomic mass is 19.1. The molecule has 1 heterocycles. The lowest BCUT2D eigenvalue weighted by molar-refractivity contribution is 0.0741. The number of hydrogen-bond acceptors (Lipinski definition) is 4. The number of benzene rings is 2. The third kappa shape index (κ3) is 3.38. The Bertz CT molecular complexity index is 758. The Labute approximate surface area is 145 Å². The van der Waals surface area contributed by atoms with Gasteiger partial charge in [-0.3, -0.25) is 4.79 Å². The molecule has 0 aromatic heterocycles. The lowest BCUT2D eigenvalue weighted by Crippen LogP contribution is -2.30. The molecule has 0 aliphatic carbocycles. The summed E-state index contributed by atoms with van der Waals surface area (Å²) in [7, 11) is 3.23. The molecule has 25 heavy (non-hydrogen) atoms. The summed E-state index contributed by atoms with van der Waals surface area (Å²) in [5, 5.41) is 0. The van der Waals surface area contributed by atoms with Gasteiger partial charge in [0.15, 0.2) is 11.5 Å². The molecule has 0 N–H and O–H groups in total. The molecule has 132 valence electrons. The molecule has 5 nitrogen and oxygen atoms in total. The number of halogens is 1. The van der Waals surface area contributed by atoms with Crippen molar-refractivity contribution in [1.29, 1.82) is 0 Å². The van der Waals surface area contributed by atoms with E-state index < -0.39 is 0 Å². The molecule has 3 rings (SSSR count). The molecule has 6 heteroatoms. The van der Waals surface area contributed by atoms with Crippen LogP contribution in [-0.2, 0) is 0 Å². The van der Waals surface area contributed by atoms with Gasteiger partial charge in [-0.1, -0.05) is 12.1 Å². The summed E-state index contributed by atoms with van der Waals surface area (Å²) in [5.74, 6) is 0.980. The van der Waals surface area contributed by atoms with Crippen LogP contribution in [0.2, 0.25) is 0 Å². The van der Waals surface area contributed by atoms with Crippen LogP contribution in [0.25, 0.3) is 0 Å². The first kappa shape index (κ1) is 17.1. The summed E-state index contributed by atoms with van der Waals surface area (Å²) >= 11 is 0. The monoisotopic (exact) mass is 345 g/mol. The highest BCUT2D eigenvalue weighted by Crippen LogP contribution is 2.40. The number of carbonyl (C=O) groups excluding carboxylic acids is 1. The van der Waals surface area contributed by atoms with Gasteiger partial charge in [0, 0.05) is 12.6 Å². The summed E-state index contributed by atoms with van der Waals surface area (Å²) in [5.41, 5.74) is 1.29. The van der Waals surface area contributed by atoms with E-state index in [9.17, 15) is 9.18 Å². The van der Waals surface area contributed by atoms with Gasteiger partial charge in [0.25, 0.3) is 5.91 Å². The highest BCUT2D eigenvalue weighted by molar-refractivity contribution is 5.95. The zero-order valence-electron chi connectivity index (χ0n) is 14.4. The lowest BCUT2D eigenvalue weighted by atomic mass is 10.1. The number of nitrogens with zero attached hydrogens (tertiary/aromatic N) is 1. The van der Waals surface area contributed by atoms with Crippen molar-refractivity contribution in [3.63, 3.8) is 0 Å². The third-order valence-electron chi connectivity index (χ3n) is 4.33. The molecular weight excluding hydrogens is 325 g/mol. The van der Waals surface area contributed by atoms with Crippen LogP contribution in [0.3, 0.4) is 0 Å². The maximum atomic E-state index is 13.1. The molecule has 0 fully saturated rings. The molecule has 0 saturated heterocycles. The van der Waals surface area contributed by atoms with E-state index in [1.165, 1.54) is 19.2 Å². The quantitative estimate of drug-likeness (QED) is 0.852. The number of ether oxygens (including phenoxy) is 3. The number of hydrogen-bond donors (Lipinski definition) is 0. The fourth-order valence-electron chi connectivity index (χ4n) is 2.74. The predicted molar refractivity (Wildman–Crippen MR) is 90.9 cm³/mol. The van der Waals surface area contributed by atoms with E-state index in [1.807, 2.05) is 6.92 Å². The zero-order chi connectivity index (χ0) is 18.0. The number of methoxy groups -OCH3 is 1. The molecule has 2 aromatic rings. The van der Waals surface area contributed by atoms with Gasteiger partial charge in [0.2, 0.25) is 5.75 Å². The Kier molecular flexibility index (Phi) is 4.79. The van der Waals surface area contributed by atoms with Crippen molar-refractivity contribution in [2.75, 3.05) is 27.4 Å². The van der Waals surface area contributed by atoms with Crippen LogP contribution in [0.1, 0.15) is 28.9 Å². The van der Waals surface area contributed by atoms with E-state index in [4.69, 9.17) is 14.2 Å². The summed E-state index contributed by atoms with van der Waals surface area (Å²) in [4.78, 5) is 14.5. The molecule has 0 saturated carbocycles. The molecule has 0 radical (unpaired) electrons. The first-order valence-corrected chi connectivity index (χ1v) is 8.01. The first-order valence-electron chi connectivity index (χ1n) is 8.01. The molecular formula is C19H20FNO4. The Morgan fingerprint density at radius 3 is 2.56 bits per heavy atom. The summed E-state index contributed by atoms with van der Waals surface area (Å²) in [6.07, 6.45) is 0. The largest absolute Gasteiger partial charge is 0.493 e. The molecule has 1 aliphatic heterocycles. The summed E-state index contributed by atoms with van der Waals surface area (Å²) < 4.78 is 29.6. The van der Waals surface area contributed by atoms with Crippen molar-refractivity contribution in [2.45, 2.75) is 13.0 Å². The molecule has 1 amide bonds. The Morgan fingerprint density at radius 2 is 1.88 bits per heavy atom. The van der Waals surface area contributed by atoms with Gasteiger partial charge in [0.05, 0.1) is 13.2 Å². The average molecular weight is 345 g/mol. The highest BCUT2D eigenvalue weighted by Gasteiger charge is 2.24. The fourth-order valence-corrected chi connectivity index (χ4v) is 2.74. The number of rotatable bonds is 4. The van der Waals surface area contributed by atoms with E-state index in [1.54, 1.807) is 36.2 Å². The predicted octanol–water partition coefficient (Wildman–Crippen LogP) is 3.44. The minimum absolute atomic E-state index is 0.188. The molecule has 0 bridgehead atoms. The molecule has 0 spiro atoms. The smallest absolute Gasteiger partial charge is 0.254 e. The van der Waals surface area contributed by atoms with Crippen LogP contribution in [-0.4, -0.2) is 38.2 Å². The first-order chi connectivity index (χ1) is 12.0. The van der Waals surface area contributed by atoms with Crippen LogP contribution in [0.4, 0.5) is 4.39 Å². The molecule has 2 aromatic carbocycles. The van der Waals surface area contributed by atoms with E-state index in [2.05, 4.69) is 0 Å². The second-order valence-electron chi connectivity index (χ2n) is 5.85. The Hall–Kier alpha value is -2.76. The minimum Gasteiger partial charge on any atom is -0.493 e. The van der Waals surface area contributed by atoms with Gasteiger partial charge in [-0.2, -0.15) is 0 Å². The normalized spacial score (nSPS) is 13.9. The minimum atomic E-state index is -0.304. The summed E-state index contributed by atoms with van der Waals surface area (Å²) in [6.45, 7) is 2.76. The van der Waals surface area contributed by atoms with Crippen molar-refractivity contribution < 1.29 is 23.4 Å². The van der Waals surface area contributed by atoms with Crippen LogP contribution in [0.5, 0.6) is 17.2 Å². The number of fused-ring (bicyclic) bond motifs is 1. The topological polar surface area (TPSA) is 48.0 Å². The van der Waals surface area contributed by atoms with Gasteiger partial charge in [-0.05, 0) is 36.8 Å². The Balaban J connectivity index is 1.88. The molecule has 1 unspecified atom stereocenters. The summed E-state index contributed by atoms with van der Waals surface area (Å²) in [6, 6.07) is 9.21. The molecule has 1 atom stereocenters. The van der Waals surface area contributed by atoms with E-state index >= 15 is 0 Å². The van der Waals surface area contributed by atoms with Crippen molar-refractivity contribution in [1.82, 2.24) is 4.90 Å². The zero-order valence-corrected chi connectivity index (χ0v) is 14.4. The SMILES string of the molecule is COc1cc(C(=O)N(C)C(C)c2ccc(F)cc2)cc2c1OCCO2. The third-order valence-corrected chi connectivity index (χ3v) is 4.33. The fraction of sp³-hybridized carbons (Fsp3) is 0.316. The van der Waals surface area contributed by atoms with Crippen molar-refractivity contribution in [3.8, 4) is 17.2 Å². The van der Waals surface area contributed by atoms with E-state index in [-0.39, 0.29) is 17.8 Å². The second-order valence-corrected chi connectivity index (χ2v) is 5.85. The average Bonchev–Trinajstić information content (AvgIpc) is 2.65. The number of amides is 1. The van der Waals surface area contributed by atoms with Crippen LogP contribution < -0.4 is 14.2 Å². The standard InChI is InChI=1S/C19H20FNO4/c1-12(13-4-6-15(20)7-5-13)21(2)19(22)14-10-16(23-3)18-17(11-14)24-8-9-25-18/h4-7,10-12H,8-9H2,1-3H3. The van der Waals surface area contributed by atoms with Gasteiger partial charge in [0.1, 0.15) is 19.0 Å². The van der Waals surface area contributed by atoms with Crippen LogP contribution in [0.15, 0.2) is 36.4 Å². The van der Waals surface area contributed by atoms with Crippen molar-refractivity contribution >= 4 is 5.91 Å². The van der Waals surface area contributed by atoms with Crippen LogP contribution >= 0.6 is 0 Å².